The van der Waals surface area contributed by atoms with Gasteiger partial charge in [-0.25, -0.2) is 19.9 Å². The Kier molecular flexibility index (Phi) is 2.22. The first-order valence-corrected chi connectivity index (χ1v) is 6.15. The van der Waals surface area contributed by atoms with Crippen molar-refractivity contribution in [3.63, 3.8) is 0 Å². The van der Waals surface area contributed by atoms with E-state index in [1.54, 1.807) is 19.9 Å². The highest BCUT2D eigenvalue weighted by Crippen LogP contribution is 2.31. The van der Waals surface area contributed by atoms with Crippen molar-refractivity contribution >= 4 is 16.7 Å². The highest BCUT2D eigenvalue weighted by molar-refractivity contribution is 5.91. The third-order valence-corrected chi connectivity index (χ3v) is 2.93. The Morgan fingerprint density at radius 2 is 2.14 bits per heavy atom. The van der Waals surface area contributed by atoms with Crippen LogP contribution in [0, 0.1) is 0 Å². The molecular formula is C13H15N7O. The van der Waals surface area contributed by atoms with Gasteiger partial charge in [0.25, 0.3) is 0 Å². The second-order valence-corrected chi connectivity index (χ2v) is 4.89. The minimum absolute atomic E-state index is 0.202. The Bertz CT molecular complexity index is 885. The summed E-state index contributed by atoms with van der Waals surface area (Å²) in [5.41, 5.74) is 5.44. The molecule has 0 aromatic carbocycles. The van der Waals surface area contributed by atoms with Gasteiger partial charge in [0.1, 0.15) is 23.9 Å². The highest BCUT2D eigenvalue weighted by atomic mass is 16.5. The van der Waals surface area contributed by atoms with Crippen LogP contribution in [-0.2, 0) is 12.6 Å². The number of aryl methyl sites for hydroxylation is 1. The molecule has 0 atom stereocenters. The molecule has 0 saturated carbocycles. The molecule has 3 aromatic rings. The van der Waals surface area contributed by atoms with E-state index in [4.69, 9.17) is 14.6 Å². The molecule has 21 heavy (non-hydrogen) atoms. The van der Waals surface area contributed by atoms with E-state index in [-0.39, 0.29) is 17.5 Å². The second kappa shape index (κ2) is 4.65. The second-order valence-electron chi connectivity index (χ2n) is 4.89. The number of nitrogens with zero attached hydrogens (tertiary/aromatic N) is 6. The third kappa shape index (κ3) is 2.35. The molecule has 0 fully saturated rings. The Morgan fingerprint density at radius 1 is 1.29 bits per heavy atom. The van der Waals surface area contributed by atoms with E-state index in [2.05, 4.69) is 25.0 Å². The number of nitrogens with two attached hydrogens (primary N) is 1. The monoisotopic (exact) mass is 288 g/mol. The summed E-state index contributed by atoms with van der Waals surface area (Å²) < 4.78 is 28.8. The molecule has 0 amide bonds. The molecule has 3 heterocycles. The maximum Gasteiger partial charge on any atom is 0.227 e. The molecule has 2 N–H and O–H groups in total. The fraction of sp³-hybridized carbons (Fsp3) is 0.308. The van der Waals surface area contributed by atoms with Crippen LogP contribution in [0.2, 0.25) is 0 Å². The number of hydrogen-bond acceptors (Lipinski definition) is 7. The summed E-state index contributed by atoms with van der Waals surface area (Å²) in [6.45, 7) is 0.997. The normalized spacial score (nSPS) is 14.5. The van der Waals surface area contributed by atoms with Crippen LogP contribution in [-0.4, -0.2) is 29.7 Å². The Hall–Kier alpha value is -2.77. The predicted molar refractivity (Wildman–Crippen MR) is 76.4 cm³/mol. The number of pyridine rings is 1. The smallest absolute Gasteiger partial charge is 0.227 e. The van der Waals surface area contributed by atoms with E-state index in [0.717, 1.165) is 11.0 Å². The number of aromatic nitrogens is 6. The number of rotatable bonds is 3. The quantitative estimate of drug-likeness (QED) is 0.768. The van der Waals surface area contributed by atoms with Crippen LogP contribution in [0.5, 0.6) is 5.88 Å². The number of anilines is 1. The maximum atomic E-state index is 7.36. The summed E-state index contributed by atoms with van der Waals surface area (Å²) in [4.78, 5) is 16.3. The van der Waals surface area contributed by atoms with E-state index in [1.165, 1.54) is 12.5 Å². The lowest BCUT2D eigenvalue weighted by atomic mass is 10.1. The minimum atomic E-state index is -2.41. The first-order valence-electron chi connectivity index (χ1n) is 7.65. The SMILES string of the molecule is [2H]C([2H])([2H])n1cnc(C(C)(C)Oc2nccc3ncnc(N)c23)n1. The van der Waals surface area contributed by atoms with Crippen LogP contribution in [0.25, 0.3) is 10.9 Å². The molecule has 0 spiro atoms. The van der Waals surface area contributed by atoms with Crippen LogP contribution < -0.4 is 10.5 Å². The largest absolute Gasteiger partial charge is 0.463 e. The van der Waals surface area contributed by atoms with Crippen molar-refractivity contribution < 1.29 is 8.85 Å². The van der Waals surface area contributed by atoms with Gasteiger partial charge in [-0.1, -0.05) is 0 Å². The molecule has 8 nitrogen and oxygen atoms in total. The summed E-state index contributed by atoms with van der Waals surface area (Å²) >= 11 is 0. The zero-order valence-corrected chi connectivity index (χ0v) is 11.5. The molecule has 8 heteroatoms. The predicted octanol–water partition coefficient (Wildman–Crippen LogP) is 1.05. The summed E-state index contributed by atoms with van der Waals surface area (Å²) in [5.74, 6) is 0.661. The summed E-state index contributed by atoms with van der Waals surface area (Å²) in [6, 6.07) is 1.69. The van der Waals surface area contributed by atoms with Crippen molar-refractivity contribution in [2.75, 3.05) is 5.73 Å². The van der Waals surface area contributed by atoms with Crippen molar-refractivity contribution in [2.45, 2.75) is 19.4 Å². The molecular weight excluding hydrogens is 270 g/mol. The van der Waals surface area contributed by atoms with Gasteiger partial charge in [-0.2, -0.15) is 5.10 Å². The standard InChI is InChI=1S/C13H15N7O/c1-13(2,12-18-7-20(3)19-12)21-11-9-8(4-5-15-11)16-6-17-10(9)14/h4-7H,1-3H3,(H2,14,16,17)/i3D3. The number of nitrogen functional groups attached to an aromatic ring is 1. The van der Waals surface area contributed by atoms with Gasteiger partial charge in [0.05, 0.1) is 5.52 Å². The average Bonchev–Trinajstić information content (AvgIpc) is 2.98. The third-order valence-electron chi connectivity index (χ3n) is 2.93. The first kappa shape index (κ1) is 10.0. The molecule has 0 aliphatic rings. The van der Waals surface area contributed by atoms with Gasteiger partial charge in [-0.15, -0.1) is 0 Å². The van der Waals surface area contributed by atoms with Gasteiger partial charge in [-0.05, 0) is 19.9 Å². The highest BCUT2D eigenvalue weighted by Gasteiger charge is 2.29. The molecule has 0 radical (unpaired) electrons. The summed E-state index contributed by atoms with van der Waals surface area (Å²) in [6.07, 6.45) is 4.03. The summed E-state index contributed by atoms with van der Waals surface area (Å²) in [5, 5.41) is 4.45. The zero-order chi connectivity index (χ0) is 17.5. The van der Waals surface area contributed by atoms with Crippen LogP contribution in [0.4, 0.5) is 5.82 Å². The Labute approximate surface area is 125 Å². The topological polar surface area (TPSA) is 105 Å². The van der Waals surface area contributed by atoms with Crippen molar-refractivity contribution in [3.8, 4) is 5.88 Å². The van der Waals surface area contributed by atoms with E-state index in [0.29, 0.717) is 10.9 Å². The van der Waals surface area contributed by atoms with Crippen LogP contribution in [0.3, 0.4) is 0 Å². The van der Waals surface area contributed by atoms with E-state index in [9.17, 15) is 0 Å². The Balaban J connectivity index is 2.00. The molecule has 0 saturated heterocycles. The van der Waals surface area contributed by atoms with Gasteiger partial charge in [0, 0.05) is 17.3 Å². The van der Waals surface area contributed by atoms with Crippen LogP contribution in [0.15, 0.2) is 24.9 Å². The number of fused-ring (bicyclic) bond motifs is 1. The van der Waals surface area contributed by atoms with Crippen molar-refractivity contribution in [3.05, 3.63) is 30.7 Å². The van der Waals surface area contributed by atoms with Crippen LogP contribution in [0.1, 0.15) is 23.8 Å². The van der Waals surface area contributed by atoms with Gasteiger partial charge >= 0.3 is 0 Å². The lowest BCUT2D eigenvalue weighted by Crippen LogP contribution is -2.27. The number of ether oxygens (including phenoxy) is 1. The minimum Gasteiger partial charge on any atom is -0.463 e. The lowest BCUT2D eigenvalue weighted by Gasteiger charge is -2.23. The van der Waals surface area contributed by atoms with Crippen molar-refractivity contribution in [1.82, 2.24) is 29.7 Å². The van der Waals surface area contributed by atoms with E-state index < -0.39 is 12.6 Å². The molecule has 0 aliphatic heterocycles. The van der Waals surface area contributed by atoms with Gasteiger partial charge < -0.3 is 10.5 Å². The fourth-order valence-corrected chi connectivity index (χ4v) is 1.90. The van der Waals surface area contributed by atoms with Crippen LogP contribution >= 0.6 is 0 Å². The lowest BCUT2D eigenvalue weighted by molar-refractivity contribution is 0.0944. The zero-order valence-electron chi connectivity index (χ0n) is 14.5. The molecule has 108 valence electrons. The summed E-state index contributed by atoms with van der Waals surface area (Å²) in [7, 11) is 0. The van der Waals surface area contributed by atoms with Gasteiger partial charge in [0.2, 0.25) is 5.88 Å². The molecule has 3 aromatic heterocycles. The van der Waals surface area contributed by atoms with Gasteiger partial charge in [0.15, 0.2) is 11.4 Å². The Morgan fingerprint density at radius 3 is 2.90 bits per heavy atom. The van der Waals surface area contributed by atoms with Crippen molar-refractivity contribution in [2.24, 2.45) is 6.98 Å². The van der Waals surface area contributed by atoms with Crippen molar-refractivity contribution in [1.29, 1.82) is 0 Å². The van der Waals surface area contributed by atoms with E-state index in [1.807, 2.05) is 0 Å². The maximum absolute atomic E-state index is 7.36. The molecule has 0 unspecified atom stereocenters. The van der Waals surface area contributed by atoms with E-state index >= 15 is 0 Å². The van der Waals surface area contributed by atoms with Gasteiger partial charge in [-0.3, -0.25) is 4.68 Å². The average molecular weight is 288 g/mol. The molecule has 0 aliphatic carbocycles. The molecule has 3 rings (SSSR count). The number of hydrogen-bond donors (Lipinski definition) is 1. The molecule has 0 bridgehead atoms. The first-order chi connectivity index (χ1) is 11.2. The fourth-order valence-electron chi connectivity index (χ4n) is 1.90.